The van der Waals surface area contributed by atoms with Crippen LogP contribution in [0.5, 0.6) is 0 Å². The Kier molecular flexibility index (Phi) is 7.86. The second kappa shape index (κ2) is 10.3. The van der Waals surface area contributed by atoms with Gasteiger partial charge in [0.2, 0.25) is 0 Å². The van der Waals surface area contributed by atoms with Gasteiger partial charge in [-0.25, -0.2) is 8.42 Å². The first kappa shape index (κ1) is 25.9. The van der Waals surface area contributed by atoms with E-state index in [4.69, 9.17) is 28.9 Å². The van der Waals surface area contributed by atoms with Crippen LogP contribution in [0, 0.1) is 20.8 Å². The lowest BCUT2D eigenvalue weighted by atomic mass is 10.0. The zero-order valence-corrected chi connectivity index (χ0v) is 21.9. The van der Waals surface area contributed by atoms with Crippen molar-refractivity contribution in [3.05, 3.63) is 104 Å². The van der Waals surface area contributed by atoms with Crippen LogP contribution in [0.2, 0.25) is 10.0 Å². The van der Waals surface area contributed by atoms with Gasteiger partial charge in [0, 0.05) is 22.2 Å². The molecule has 0 amide bonds. The van der Waals surface area contributed by atoms with Crippen molar-refractivity contribution in [2.75, 3.05) is 10.8 Å². The maximum absolute atomic E-state index is 14.0. The molecule has 0 unspecified atom stereocenters. The van der Waals surface area contributed by atoms with Gasteiger partial charge in [0.1, 0.15) is 5.76 Å². The number of nitrogens with zero attached hydrogens (tertiary/aromatic N) is 1. The Morgan fingerprint density at radius 3 is 2.24 bits per heavy atom. The number of anilines is 1. The smallest absolute Gasteiger partial charge is 0.265 e. The summed E-state index contributed by atoms with van der Waals surface area (Å²) >= 11 is 12.7. The summed E-state index contributed by atoms with van der Waals surface area (Å²) in [5.74, 6) is -0.233. The normalized spacial score (nSPS) is 12.4. The van der Waals surface area contributed by atoms with Crippen LogP contribution in [0.25, 0.3) is 0 Å². The lowest BCUT2D eigenvalue weighted by molar-refractivity contribution is 0.395. The number of nitrogens with two attached hydrogens (primary N) is 1. The lowest BCUT2D eigenvalue weighted by Gasteiger charge is -2.28. The third kappa shape index (κ3) is 5.52. The standard InChI is InChI=1S/C26H28Cl2N2O3S/c1-16-11-18(3)26(12-17(16)2)34(32,33)30(15-25(31)19(4)29)24-10-9-22(27)14-21(24)13-20-7-5-6-8-23(20)28/h5-12,14,31H,13,15,29H2,1-4H3/b25-19+. The van der Waals surface area contributed by atoms with Crippen molar-refractivity contribution in [3.8, 4) is 0 Å². The summed E-state index contributed by atoms with van der Waals surface area (Å²) < 4.78 is 29.2. The third-order valence-corrected chi connectivity index (χ3v) is 8.26. The van der Waals surface area contributed by atoms with E-state index in [-0.39, 0.29) is 22.9 Å². The topological polar surface area (TPSA) is 83.6 Å². The summed E-state index contributed by atoms with van der Waals surface area (Å²) in [7, 11) is -4.08. The molecule has 180 valence electrons. The SMILES string of the molecule is C/C(N)=C(\O)CN(c1ccc(Cl)cc1Cc1ccccc1Cl)S(=O)(=O)c1cc(C)c(C)cc1C. The first-order chi connectivity index (χ1) is 15.9. The van der Waals surface area contributed by atoms with Crippen molar-refractivity contribution in [2.24, 2.45) is 5.73 Å². The largest absolute Gasteiger partial charge is 0.509 e. The zero-order chi connectivity index (χ0) is 25.2. The van der Waals surface area contributed by atoms with Crippen molar-refractivity contribution in [1.82, 2.24) is 0 Å². The van der Waals surface area contributed by atoms with E-state index in [1.807, 2.05) is 38.1 Å². The fourth-order valence-corrected chi connectivity index (χ4v) is 5.83. The van der Waals surface area contributed by atoms with E-state index in [0.717, 1.165) is 16.7 Å². The molecule has 3 aromatic rings. The summed E-state index contributed by atoms with van der Waals surface area (Å²) in [4.78, 5) is 0.164. The number of aliphatic hydroxyl groups is 1. The van der Waals surface area contributed by atoms with Crippen LogP contribution < -0.4 is 10.0 Å². The second-order valence-corrected chi connectivity index (χ2v) is 11.1. The molecule has 0 spiro atoms. The molecular weight excluding hydrogens is 491 g/mol. The first-order valence-corrected chi connectivity index (χ1v) is 12.9. The molecule has 5 nitrogen and oxygen atoms in total. The average molecular weight is 519 g/mol. The molecule has 0 aliphatic heterocycles. The maximum Gasteiger partial charge on any atom is 0.265 e. The van der Waals surface area contributed by atoms with E-state index in [2.05, 4.69) is 0 Å². The van der Waals surface area contributed by atoms with E-state index < -0.39 is 10.0 Å². The predicted molar refractivity (Wildman–Crippen MR) is 140 cm³/mol. The summed E-state index contributed by atoms with van der Waals surface area (Å²) in [6.45, 7) is 6.75. The van der Waals surface area contributed by atoms with E-state index in [0.29, 0.717) is 33.3 Å². The highest BCUT2D eigenvalue weighted by atomic mass is 35.5. The Bertz CT molecular complexity index is 1360. The average Bonchev–Trinajstić information content (AvgIpc) is 2.76. The van der Waals surface area contributed by atoms with Gasteiger partial charge in [0.15, 0.2) is 0 Å². The summed E-state index contributed by atoms with van der Waals surface area (Å²) in [6, 6.07) is 15.8. The molecular formula is C26H28Cl2N2O3S. The Morgan fingerprint density at radius 1 is 0.941 bits per heavy atom. The van der Waals surface area contributed by atoms with Crippen LogP contribution >= 0.6 is 23.2 Å². The van der Waals surface area contributed by atoms with Gasteiger partial charge in [-0.1, -0.05) is 47.5 Å². The van der Waals surface area contributed by atoms with Crippen LogP contribution in [0.3, 0.4) is 0 Å². The zero-order valence-electron chi connectivity index (χ0n) is 19.6. The Hall–Kier alpha value is -2.67. The summed E-state index contributed by atoms with van der Waals surface area (Å²) in [5.41, 5.74) is 10.2. The molecule has 34 heavy (non-hydrogen) atoms. The molecule has 0 atom stereocenters. The molecule has 3 N–H and O–H groups in total. The van der Waals surface area contributed by atoms with Crippen LogP contribution in [0.15, 0.2) is 70.9 Å². The van der Waals surface area contributed by atoms with Crippen LogP contribution in [-0.2, 0) is 16.4 Å². The number of hydrogen-bond donors (Lipinski definition) is 2. The van der Waals surface area contributed by atoms with Crippen molar-refractivity contribution in [1.29, 1.82) is 0 Å². The predicted octanol–water partition coefficient (Wildman–Crippen LogP) is 6.45. The van der Waals surface area contributed by atoms with Crippen LogP contribution in [-0.4, -0.2) is 20.1 Å². The highest BCUT2D eigenvalue weighted by Gasteiger charge is 2.30. The summed E-state index contributed by atoms with van der Waals surface area (Å²) in [5, 5.41) is 11.5. The highest BCUT2D eigenvalue weighted by molar-refractivity contribution is 7.92. The van der Waals surface area contributed by atoms with Crippen molar-refractivity contribution < 1.29 is 13.5 Å². The number of aryl methyl sites for hydroxylation is 3. The van der Waals surface area contributed by atoms with Crippen molar-refractivity contribution >= 4 is 38.9 Å². The van der Waals surface area contributed by atoms with Gasteiger partial charge in [0.05, 0.1) is 17.1 Å². The van der Waals surface area contributed by atoms with Gasteiger partial charge < -0.3 is 10.8 Å². The molecule has 0 saturated heterocycles. The minimum atomic E-state index is -4.08. The Balaban J connectivity index is 2.24. The molecule has 0 aliphatic rings. The molecule has 0 aromatic heterocycles. The number of rotatable bonds is 7. The molecule has 0 aliphatic carbocycles. The van der Waals surface area contributed by atoms with E-state index in [1.165, 1.54) is 11.2 Å². The molecule has 3 rings (SSSR count). The second-order valence-electron chi connectivity index (χ2n) is 8.38. The summed E-state index contributed by atoms with van der Waals surface area (Å²) in [6.07, 6.45) is 0.347. The van der Waals surface area contributed by atoms with Gasteiger partial charge in [-0.2, -0.15) is 0 Å². The molecule has 3 aromatic carbocycles. The number of allylic oxidation sites excluding steroid dienone is 1. The van der Waals surface area contributed by atoms with Crippen molar-refractivity contribution in [2.45, 2.75) is 39.0 Å². The molecule has 0 radical (unpaired) electrons. The number of halogens is 2. The van der Waals surface area contributed by atoms with Crippen LogP contribution in [0.4, 0.5) is 5.69 Å². The van der Waals surface area contributed by atoms with E-state index in [1.54, 1.807) is 37.3 Å². The quantitative estimate of drug-likeness (QED) is 0.351. The number of aliphatic hydroxyl groups excluding tert-OH is 1. The fourth-order valence-electron chi connectivity index (χ4n) is 3.68. The highest BCUT2D eigenvalue weighted by Crippen LogP contribution is 2.34. The fraction of sp³-hybridized carbons (Fsp3) is 0.231. The van der Waals surface area contributed by atoms with Gasteiger partial charge >= 0.3 is 0 Å². The third-order valence-electron chi connectivity index (χ3n) is 5.76. The lowest BCUT2D eigenvalue weighted by Crippen LogP contribution is -2.35. The molecule has 0 saturated carbocycles. The maximum atomic E-state index is 14.0. The molecule has 0 bridgehead atoms. The molecule has 0 heterocycles. The number of sulfonamides is 1. The molecule has 0 fully saturated rings. The molecule has 8 heteroatoms. The number of benzene rings is 3. The Labute approximate surface area is 211 Å². The minimum absolute atomic E-state index is 0.138. The minimum Gasteiger partial charge on any atom is -0.509 e. The van der Waals surface area contributed by atoms with Crippen LogP contribution in [0.1, 0.15) is 34.7 Å². The Morgan fingerprint density at radius 2 is 1.59 bits per heavy atom. The van der Waals surface area contributed by atoms with E-state index >= 15 is 0 Å². The first-order valence-electron chi connectivity index (χ1n) is 10.7. The monoisotopic (exact) mass is 518 g/mol. The van der Waals surface area contributed by atoms with Gasteiger partial charge in [-0.15, -0.1) is 0 Å². The van der Waals surface area contributed by atoms with Gasteiger partial charge in [-0.05, 0) is 85.8 Å². The number of hydrogen-bond acceptors (Lipinski definition) is 4. The van der Waals surface area contributed by atoms with Gasteiger partial charge in [-0.3, -0.25) is 4.31 Å². The van der Waals surface area contributed by atoms with Gasteiger partial charge in [0.25, 0.3) is 10.0 Å². The van der Waals surface area contributed by atoms with E-state index in [9.17, 15) is 13.5 Å². The van der Waals surface area contributed by atoms with Crippen molar-refractivity contribution in [3.63, 3.8) is 0 Å².